The van der Waals surface area contributed by atoms with Crippen molar-refractivity contribution in [2.75, 3.05) is 31.1 Å². The first-order valence-corrected chi connectivity index (χ1v) is 13.0. The van der Waals surface area contributed by atoms with Crippen LogP contribution in [0.5, 0.6) is 0 Å². The van der Waals surface area contributed by atoms with Crippen molar-refractivity contribution in [3.8, 4) is 12.3 Å². The molecule has 3 aliphatic rings. The number of nitrogens with zero attached hydrogens (tertiary/aromatic N) is 7. The standard InChI is InChI=1S/C26H25BrF2N8/c1-3-11-36-13-9-25(10-14-36)19-15-17(26(32-33-26)24(2,28)29)4-6-21(19)37(12-8-23-30-34-35-31-23)22-7-5-18(27)16-20(22)25/h1,4-7,15-16H,8-14H2,2H3,(H,30,31,34,35). The Labute approximate surface area is 221 Å². The summed E-state index contributed by atoms with van der Waals surface area (Å²) in [6.45, 7) is 3.70. The fraction of sp³-hybridized carbons (Fsp3) is 0.423. The van der Waals surface area contributed by atoms with Crippen molar-refractivity contribution >= 4 is 27.3 Å². The molecule has 1 fully saturated rings. The second-order valence-corrected chi connectivity index (χ2v) is 10.9. The van der Waals surface area contributed by atoms with Gasteiger partial charge in [-0.25, -0.2) is 8.78 Å². The van der Waals surface area contributed by atoms with Gasteiger partial charge < -0.3 is 4.90 Å². The molecule has 1 saturated heterocycles. The van der Waals surface area contributed by atoms with Gasteiger partial charge in [-0.1, -0.05) is 33.1 Å². The number of tetrazole rings is 1. The van der Waals surface area contributed by atoms with Crippen LogP contribution in [0.2, 0.25) is 0 Å². The number of aromatic nitrogens is 4. The van der Waals surface area contributed by atoms with E-state index in [1.807, 2.05) is 18.2 Å². The first-order valence-electron chi connectivity index (χ1n) is 12.2. The molecule has 37 heavy (non-hydrogen) atoms. The van der Waals surface area contributed by atoms with Gasteiger partial charge in [-0.3, -0.25) is 4.90 Å². The van der Waals surface area contributed by atoms with E-state index in [1.54, 1.807) is 6.07 Å². The van der Waals surface area contributed by atoms with Crippen molar-refractivity contribution in [1.82, 2.24) is 25.5 Å². The summed E-state index contributed by atoms with van der Waals surface area (Å²) in [7, 11) is 0. The molecule has 0 radical (unpaired) electrons. The minimum absolute atomic E-state index is 0.364. The average molecular weight is 567 g/mol. The van der Waals surface area contributed by atoms with Gasteiger partial charge in [0.15, 0.2) is 5.82 Å². The number of H-pyrrole nitrogens is 1. The van der Waals surface area contributed by atoms with Crippen LogP contribution in [0.3, 0.4) is 0 Å². The highest BCUT2D eigenvalue weighted by Gasteiger charge is 2.61. The molecule has 0 saturated carbocycles. The topological polar surface area (TPSA) is 85.7 Å². The van der Waals surface area contributed by atoms with E-state index < -0.39 is 11.6 Å². The Morgan fingerprint density at radius 3 is 2.43 bits per heavy atom. The molecule has 11 heteroatoms. The highest BCUT2D eigenvalue weighted by Crippen LogP contribution is 2.57. The highest BCUT2D eigenvalue weighted by molar-refractivity contribution is 9.10. The van der Waals surface area contributed by atoms with Crippen LogP contribution in [-0.4, -0.2) is 57.6 Å². The summed E-state index contributed by atoms with van der Waals surface area (Å²) in [6.07, 6.45) is 7.80. The molecule has 2 aromatic carbocycles. The van der Waals surface area contributed by atoms with Crippen LogP contribution in [0.1, 0.15) is 42.3 Å². The molecule has 0 aliphatic carbocycles. The summed E-state index contributed by atoms with van der Waals surface area (Å²) in [4.78, 5) is 4.50. The molecule has 3 aromatic rings. The number of alkyl halides is 2. The SMILES string of the molecule is C#CCN1CCC2(CC1)c1cc(Br)ccc1N(CCc1nn[nH]n1)c1ccc(C3(C(C)(F)F)N=N3)cc12. The van der Waals surface area contributed by atoms with Gasteiger partial charge in [0.25, 0.3) is 11.6 Å². The maximum absolute atomic E-state index is 14.6. The number of anilines is 2. The Balaban J connectivity index is 1.50. The lowest BCUT2D eigenvalue weighted by atomic mass is 9.64. The largest absolute Gasteiger partial charge is 0.341 e. The van der Waals surface area contributed by atoms with Gasteiger partial charge in [0, 0.05) is 59.8 Å². The molecule has 0 bridgehead atoms. The van der Waals surface area contributed by atoms with E-state index in [2.05, 4.69) is 74.6 Å². The Morgan fingerprint density at radius 1 is 1.11 bits per heavy atom. The molecule has 0 unspecified atom stereocenters. The van der Waals surface area contributed by atoms with Crippen molar-refractivity contribution in [1.29, 1.82) is 0 Å². The lowest BCUT2D eigenvalue weighted by molar-refractivity contribution is -0.0274. The summed E-state index contributed by atoms with van der Waals surface area (Å²) < 4.78 is 30.3. The Morgan fingerprint density at radius 2 is 1.81 bits per heavy atom. The predicted octanol–water partition coefficient (Wildman–Crippen LogP) is 4.95. The van der Waals surface area contributed by atoms with Gasteiger partial charge in [0.2, 0.25) is 0 Å². The number of halogens is 3. The van der Waals surface area contributed by atoms with Crippen LogP contribution in [0, 0.1) is 12.3 Å². The van der Waals surface area contributed by atoms with Gasteiger partial charge in [-0.2, -0.15) is 5.21 Å². The molecule has 1 N–H and O–H groups in total. The smallest absolute Gasteiger partial charge is 0.297 e. The second-order valence-electron chi connectivity index (χ2n) is 9.95. The number of terminal acetylenes is 1. The van der Waals surface area contributed by atoms with Crippen LogP contribution in [0.4, 0.5) is 20.2 Å². The molecule has 0 atom stereocenters. The van der Waals surface area contributed by atoms with E-state index in [0.717, 1.165) is 54.3 Å². The molecule has 190 valence electrons. The number of rotatable bonds is 6. The fourth-order valence-electron chi connectivity index (χ4n) is 5.87. The number of benzene rings is 2. The van der Waals surface area contributed by atoms with E-state index in [-0.39, 0.29) is 5.41 Å². The van der Waals surface area contributed by atoms with Crippen molar-refractivity contribution in [3.05, 3.63) is 63.4 Å². The number of fused-ring (bicyclic) bond motifs is 4. The zero-order valence-electron chi connectivity index (χ0n) is 20.3. The lowest BCUT2D eigenvalue weighted by Gasteiger charge is -2.49. The van der Waals surface area contributed by atoms with E-state index in [1.165, 1.54) is 5.56 Å². The van der Waals surface area contributed by atoms with Crippen molar-refractivity contribution in [3.63, 3.8) is 0 Å². The molecule has 0 amide bonds. The molecule has 6 rings (SSSR count). The Hall–Kier alpha value is -3.23. The van der Waals surface area contributed by atoms with Crippen molar-refractivity contribution in [2.45, 2.75) is 43.2 Å². The van der Waals surface area contributed by atoms with Crippen LogP contribution < -0.4 is 4.90 Å². The van der Waals surface area contributed by atoms with E-state index >= 15 is 0 Å². The number of nitrogens with one attached hydrogen (secondary N) is 1. The van der Waals surface area contributed by atoms with Gasteiger partial charge in [-0.05, 0) is 54.3 Å². The quantitative estimate of drug-likeness (QED) is 0.427. The van der Waals surface area contributed by atoms with Crippen molar-refractivity contribution in [2.24, 2.45) is 10.2 Å². The summed E-state index contributed by atoms with van der Waals surface area (Å²) in [5.74, 6) is 0.262. The summed E-state index contributed by atoms with van der Waals surface area (Å²) >= 11 is 3.67. The lowest BCUT2D eigenvalue weighted by Crippen LogP contribution is -2.47. The monoisotopic (exact) mass is 566 g/mol. The Bertz CT molecular complexity index is 1390. The van der Waals surface area contributed by atoms with E-state index in [4.69, 9.17) is 6.42 Å². The third-order valence-corrected chi connectivity index (χ3v) is 8.35. The zero-order valence-corrected chi connectivity index (χ0v) is 21.8. The molecule has 3 aliphatic heterocycles. The van der Waals surface area contributed by atoms with E-state index in [0.29, 0.717) is 30.9 Å². The molecule has 1 spiro atoms. The molecular weight excluding hydrogens is 542 g/mol. The number of piperidine rings is 1. The van der Waals surface area contributed by atoms with Crippen LogP contribution in [-0.2, 0) is 17.5 Å². The minimum Gasteiger partial charge on any atom is -0.341 e. The molecule has 4 heterocycles. The summed E-state index contributed by atoms with van der Waals surface area (Å²) in [6, 6.07) is 11.9. The van der Waals surface area contributed by atoms with Crippen LogP contribution in [0.15, 0.2) is 51.1 Å². The molecule has 8 nitrogen and oxygen atoms in total. The fourth-order valence-corrected chi connectivity index (χ4v) is 6.23. The normalized spacial score (nSPS) is 19.4. The first-order chi connectivity index (χ1) is 17.8. The van der Waals surface area contributed by atoms with E-state index in [9.17, 15) is 8.78 Å². The maximum atomic E-state index is 14.6. The number of aromatic amines is 1. The van der Waals surface area contributed by atoms with Crippen LogP contribution in [0.25, 0.3) is 0 Å². The maximum Gasteiger partial charge on any atom is 0.297 e. The van der Waals surface area contributed by atoms with Gasteiger partial charge in [0.05, 0.1) is 6.54 Å². The number of likely N-dealkylation sites (tertiary alicyclic amines) is 1. The number of hydrogen-bond donors (Lipinski definition) is 1. The van der Waals surface area contributed by atoms with Gasteiger partial charge in [0.1, 0.15) is 0 Å². The average Bonchev–Trinajstić information content (AvgIpc) is 3.55. The van der Waals surface area contributed by atoms with Gasteiger partial charge >= 0.3 is 0 Å². The third kappa shape index (κ3) is 3.85. The molecule has 1 aromatic heterocycles. The Kier molecular flexibility index (Phi) is 5.65. The predicted molar refractivity (Wildman–Crippen MR) is 138 cm³/mol. The molecular formula is C26H25BrF2N8. The second kappa shape index (κ2) is 8.67. The van der Waals surface area contributed by atoms with Gasteiger partial charge in [-0.15, -0.1) is 26.8 Å². The van der Waals surface area contributed by atoms with Crippen LogP contribution >= 0.6 is 15.9 Å². The number of hydrogen-bond acceptors (Lipinski definition) is 7. The third-order valence-electron chi connectivity index (χ3n) is 7.86. The minimum atomic E-state index is -3.10. The first kappa shape index (κ1) is 24.1. The summed E-state index contributed by atoms with van der Waals surface area (Å²) in [5.41, 5.74) is 2.50. The zero-order chi connectivity index (χ0) is 25.8. The summed E-state index contributed by atoms with van der Waals surface area (Å²) in [5, 5.41) is 22.1. The van der Waals surface area contributed by atoms with Crippen molar-refractivity contribution < 1.29 is 8.78 Å². The highest BCUT2D eigenvalue weighted by atomic mass is 79.9.